The number of amides is 1. The van der Waals surface area contributed by atoms with Crippen molar-refractivity contribution in [2.75, 3.05) is 6.54 Å². The van der Waals surface area contributed by atoms with Crippen molar-refractivity contribution in [2.24, 2.45) is 0 Å². The average molecular weight is 318 g/mol. The van der Waals surface area contributed by atoms with Crippen LogP contribution in [0.1, 0.15) is 43.9 Å². The van der Waals surface area contributed by atoms with Crippen molar-refractivity contribution in [1.29, 1.82) is 0 Å². The molecule has 0 bridgehead atoms. The molecule has 0 unspecified atom stereocenters. The highest BCUT2D eigenvalue weighted by Gasteiger charge is 2.09. The number of carbonyl (C=O) groups is 2. The summed E-state index contributed by atoms with van der Waals surface area (Å²) >= 11 is 1.43. The van der Waals surface area contributed by atoms with Crippen molar-refractivity contribution in [2.45, 2.75) is 26.2 Å². The number of nitrogens with one attached hydrogen (secondary N) is 1. The highest BCUT2D eigenvalue weighted by molar-refractivity contribution is 7.13. The van der Waals surface area contributed by atoms with Crippen molar-refractivity contribution in [3.63, 3.8) is 0 Å². The summed E-state index contributed by atoms with van der Waals surface area (Å²) in [5.41, 5.74) is 1.25. The van der Waals surface area contributed by atoms with E-state index >= 15 is 0 Å². The molecular weight excluding hydrogens is 300 g/mol. The van der Waals surface area contributed by atoms with Gasteiger partial charge in [-0.1, -0.05) is 19.1 Å². The molecule has 0 fully saturated rings. The average Bonchev–Trinajstić information content (AvgIpc) is 2.97. The van der Waals surface area contributed by atoms with E-state index in [0.717, 1.165) is 23.4 Å². The molecular formula is C16H18N2O3S. The van der Waals surface area contributed by atoms with E-state index in [1.165, 1.54) is 11.3 Å². The first-order chi connectivity index (χ1) is 10.6. The summed E-state index contributed by atoms with van der Waals surface area (Å²) < 4.78 is 0. The predicted octanol–water partition coefficient (Wildman–Crippen LogP) is 2.77. The zero-order chi connectivity index (χ0) is 15.9. The van der Waals surface area contributed by atoms with Crippen LogP contribution >= 0.6 is 11.3 Å². The van der Waals surface area contributed by atoms with E-state index in [2.05, 4.69) is 17.2 Å². The minimum absolute atomic E-state index is 0.109. The predicted molar refractivity (Wildman–Crippen MR) is 85.5 cm³/mol. The zero-order valence-electron chi connectivity index (χ0n) is 12.3. The van der Waals surface area contributed by atoms with Gasteiger partial charge in [0, 0.05) is 6.54 Å². The summed E-state index contributed by atoms with van der Waals surface area (Å²) in [7, 11) is 0. The van der Waals surface area contributed by atoms with Crippen LogP contribution in [0.3, 0.4) is 0 Å². The van der Waals surface area contributed by atoms with Gasteiger partial charge in [0.1, 0.15) is 4.88 Å². The Balaban J connectivity index is 1.82. The highest BCUT2D eigenvalue weighted by Crippen LogP contribution is 2.14. The summed E-state index contributed by atoms with van der Waals surface area (Å²) in [5.74, 6) is -1.05. The third-order valence-corrected chi connectivity index (χ3v) is 4.20. The number of nitrogens with zero attached hydrogens (tertiary/aromatic N) is 1. The number of carbonyl (C=O) groups excluding carboxylic acids is 1. The Labute approximate surface area is 133 Å². The van der Waals surface area contributed by atoms with Crippen LogP contribution in [0.15, 0.2) is 30.5 Å². The second kappa shape index (κ2) is 7.70. The second-order valence-electron chi connectivity index (χ2n) is 4.88. The number of aromatic nitrogens is 1. The van der Waals surface area contributed by atoms with Gasteiger partial charge in [-0.05, 0) is 37.0 Å². The number of hydrogen-bond donors (Lipinski definition) is 2. The van der Waals surface area contributed by atoms with Gasteiger partial charge in [-0.2, -0.15) is 0 Å². The highest BCUT2D eigenvalue weighted by atomic mass is 32.1. The number of aryl methyl sites for hydroxylation is 1. The number of carboxylic acid groups (broad SMARTS) is 1. The molecule has 0 spiro atoms. The van der Waals surface area contributed by atoms with Crippen LogP contribution in [-0.4, -0.2) is 28.5 Å². The van der Waals surface area contributed by atoms with E-state index < -0.39 is 5.97 Å². The van der Waals surface area contributed by atoms with Gasteiger partial charge in [0.15, 0.2) is 0 Å². The molecule has 0 saturated heterocycles. The molecule has 6 heteroatoms. The molecule has 2 rings (SSSR count). The van der Waals surface area contributed by atoms with Gasteiger partial charge in [0.25, 0.3) is 5.91 Å². The molecule has 2 aromatic rings. The van der Waals surface area contributed by atoms with Gasteiger partial charge in [-0.3, -0.25) is 4.79 Å². The molecule has 0 aliphatic rings. The molecule has 0 aliphatic heterocycles. The Hall–Kier alpha value is -2.21. The van der Waals surface area contributed by atoms with Gasteiger partial charge in [0.05, 0.1) is 16.8 Å². The maximum Gasteiger partial charge on any atom is 0.335 e. The number of aromatic carboxylic acids is 1. The van der Waals surface area contributed by atoms with Gasteiger partial charge in [-0.25, -0.2) is 9.78 Å². The van der Waals surface area contributed by atoms with E-state index in [1.807, 2.05) is 0 Å². The zero-order valence-corrected chi connectivity index (χ0v) is 13.2. The van der Waals surface area contributed by atoms with E-state index in [0.29, 0.717) is 17.8 Å². The number of thiazole rings is 1. The molecule has 1 heterocycles. The molecule has 1 amide bonds. The second-order valence-corrected chi connectivity index (χ2v) is 5.99. The smallest absolute Gasteiger partial charge is 0.335 e. The molecule has 2 N–H and O–H groups in total. The maximum atomic E-state index is 12.0. The van der Waals surface area contributed by atoms with Crippen molar-refractivity contribution >= 4 is 23.2 Å². The van der Waals surface area contributed by atoms with Crippen molar-refractivity contribution < 1.29 is 14.7 Å². The maximum absolute atomic E-state index is 12.0. The molecule has 0 aliphatic carbocycles. The third kappa shape index (κ3) is 4.39. The Morgan fingerprint density at radius 3 is 2.59 bits per heavy atom. The fraction of sp³-hybridized carbons (Fsp3) is 0.312. The molecule has 0 atom stereocenters. The standard InChI is InChI=1S/C16H18N2O3S/c1-2-3-14-18-10-13(22-14)15(19)17-9-8-11-4-6-12(7-5-11)16(20)21/h4-7,10H,2-3,8-9H2,1H3,(H,17,19)(H,20,21). The summed E-state index contributed by atoms with van der Waals surface area (Å²) in [6, 6.07) is 6.67. The summed E-state index contributed by atoms with van der Waals surface area (Å²) in [6.45, 7) is 2.59. The summed E-state index contributed by atoms with van der Waals surface area (Å²) in [5, 5.41) is 12.7. The van der Waals surface area contributed by atoms with Crippen molar-refractivity contribution in [1.82, 2.24) is 10.3 Å². The largest absolute Gasteiger partial charge is 0.478 e. The molecule has 1 aromatic carbocycles. The number of hydrogen-bond acceptors (Lipinski definition) is 4. The van der Waals surface area contributed by atoms with Crippen LogP contribution in [0.4, 0.5) is 0 Å². The lowest BCUT2D eigenvalue weighted by Crippen LogP contribution is -2.24. The third-order valence-electron chi connectivity index (χ3n) is 3.14. The van der Waals surface area contributed by atoms with E-state index in [4.69, 9.17) is 5.11 Å². The van der Waals surface area contributed by atoms with Gasteiger partial charge >= 0.3 is 5.97 Å². The first-order valence-electron chi connectivity index (χ1n) is 7.15. The molecule has 5 nitrogen and oxygen atoms in total. The van der Waals surface area contributed by atoms with Gasteiger partial charge < -0.3 is 10.4 Å². The Morgan fingerprint density at radius 2 is 1.95 bits per heavy atom. The quantitative estimate of drug-likeness (QED) is 0.822. The Bertz CT molecular complexity index is 650. The van der Waals surface area contributed by atoms with E-state index in [-0.39, 0.29) is 11.5 Å². The molecule has 22 heavy (non-hydrogen) atoms. The van der Waals surface area contributed by atoms with Crippen LogP contribution in [0.25, 0.3) is 0 Å². The number of rotatable bonds is 7. The Kier molecular flexibility index (Phi) is 5.66. The normalized spacial score (nSPS) is 10.4. The van der Waals surface area contributed by atoms with Crippen LogP contribution < -0.4 is 5.32 Å². The van der Waals surface area contributed by atoms with Gasteiger partial charge in [-0.15, -0.1) is 11.3 Å². The van der Waals surface area contributed by atoms with Crippen LogP contribution in [0.2, 0.25) is 0 Å². The lowest BCUT2D eigenvalue weighted by Gasteiger charge is -2.04. The molecule has 1 aromatic heterocycles. The monoisotopic (exact) mass is 318 g/mol. The molecule has 116 valence electrons. The van der Waals surface area contributed by atoms with Gasteiger partial charge in [0.2, 0.25) is 0 Å². The van der Waals surface area contributed by atoms with Crippen LogP contribution in [-0.2, 0) is 12.8 Å². The summed E-state index contributed by atoms with van der Waals surface area (Å²) in [4.78, 5) is 27.6. The first kappa shape index (κ1) is 16.2. The lowest BCUT2D eigenvalue weighted by molar-refractivity contribution is 0.0696. The molecule has 0 radical (unpaired) electrons. The van der Waals surface area contributed by atoms with Crippen molar-refractivity contribution in [3.8, 4) is 0 Å². The first-order valence-corrected chi connectivity index (χ1v) is 7.97. The SMILES string of the molecule is CCCc1ncc(C(=O)NCCc2ccc(C(=O)O)cc2)s1. The van der Waals surface area contributed by atoms with E-state index in [9.17, 15) is 9.59 Å². The van der Waals surface area contributed by atoms with Crippen LogP contribution in [0.5, 0.6) is 0 Å². The number of carboxylic acids is 1. The number of benzene rings is 1. The van der Waals surface area contributed by atoms with E-state index in [1.54, 1.807) is 30.5 Å². The fourth-order valence-corrected chi connectivity index (χ4v) is 2.90. The summed E-state index contributed by atoms with van der Waals surface area (Å²) in [6.07, 6.45) is 4.19. The minimum atomic E-state index is -0.937. The Morgan fingerprint density at radius 1 is 1.23 bits per heavy atom. The fourth-order valence-electron chi connectivity index (χ4n) is 1.97. The minimum Gasteiger partial charge on any atom is -0.478 e. The van der Waals surface area contributed by atoms with Crippen molar-refractivity contribution in [3.05, 3.63) is 51.5 Å². The lowest BCUT2D eigenvalue weighted by atomic mass is 10.1. The molecule has 0 saturated carbocycles. The van der Waals surface area contributed by atoms with Crippen LogP contribution in [0, 0.1) is 0 Å². The topological polar surface area (TPSA) is 79.3 Å².